The SMILES string of the molecule is CCOC(=O)C(OCCC/C=C/c1ccc(Oc2cccc(C(F)(F)F)c2)cc1)C(O)(C(=O)OCC)C(=O)OCC. The van der Waals surface area contributed by atoms with Gasteiger partial charge in [0.05, 0.1) is 25.4 Å². The van der Waals surface area contributed by atoms with Crippen molar-refractivity contribution in [2.24, 2.45) is 0 Å². The molecule has 12 heteroatoms. The van der Waals surface area contributed by atoms with Gasteiger partial charge in [0, 0.05) is 6.61 Å². The van der Waals surface area contributed by atoms with Crippen molar-refractivity contribution in [3.05, 3.63) is 65.7 Å². The molecule has 0 saturated heterocycles. The molecule has 0 aliphatic rings. The van der Waals surface area contributed by atoms with E-state index in [1.165, 1.54) is 32.9 Å². The van der Waals surface area contributed by atoms with E-state index in [9.17, 15) is 32.7 Å². The van der Waals surface area contributed by atoms with Crippen LogP contribution in [-0.4, -0.2) is 61.1 Å². The summed E-state index contributed by atoms with van der Waals surface area (Å²) in [5.74, 6) is -3.49. The highest BCUT2D eigenvalue weighted by Crippen LogP contribution is 2.32. The number of carbonyl (C=O) groups excluding carboxylic acids is 3. The summed E-state index contributed by atoms with van der Waals surface area (Å²) in [5.41, 5.74) is -3.07. The normalized spacial score (nSPS) is 12.6. The molecule has 0 amide bonds. The second-order valence-corrected chi connectivity index (χ2v) is 8.45. The molecule has 0 aliphatic heterocycles. The Bertz CT molecular complexity index is 1160. The lowest BCUT2D eigenvalue weighted by molar-refractivity contribution is -0.208. The summed E-state index contributed by atoms with van der Waals surface area (Å²) in [6, 6.07) is 11.2. The number of rotatable bonds is 15. The maximum Gasteiger partial charge on any atom is 0.416 e. The molecular formula is C29H33F3O9. The molecular weight excluding hydrogens is 549 g/mol. The average molecular weight is 583 g/mol. The van der Waals surface area contributed by atoms with E-state index < -0.39 is 41.4 Å². The molecule has 2 aromatic carbocycles. The Balaban J connectivity index is 1.98. The van der Waals surface area contributed by atoms with Crippen molar-refractivity contribution in [1.29, 1.82) is 0 Å². The zero-order valence-electron chi connectivity index (χ0n) is 22.9. The minimum atomic E-state index is -4.47. The Morgan fingerprint density at radius 2 is 1.49 bits per heavy atom. The number of hydrogen-bond acceptors (Lipinski definition) is 9. The highest BCUT2D eigenvalue weighted by atomic mass is 19.4. The maximum absolute atomic E-state index is 12.9. The lowest BCUT2D eigenvalue weighted by Crippen LogP contribution is -2.61. The second kappa shape index (κ2) is 15.8. The van der Waals surface area contributed by atoms with Gasteiger partial charge in [0.2, 0.25) is 6.10 Å². The molecule has 1 unspecified atom stereocenters. The standard InChI is InChI=1S/C29H33F3O9/c1-4-37-25(33)24(28(36,26(34)38-5-2)27(35)39-6-3)40-18-9-7-8-11-20-14-16-22(17-15-20)41-23-13-10-12-21(19-23)29(30,31)32/h8,10-17,19,24,36H,4-7,9,18H2,1-3H3/b11-8+. The minimum absolute atomic E-state index is 0.0575. The van der Waals surface area contributed by atoms with Gasteiger partial charge in [-0.15, -0.1) is 0 Å². The molecule has 0 saturated carbocycles. The molecule has 41 heavy (non-hydrogen) atoms. The van der Waals surface area contributed by atoms with Crippen molar-refractivity contribution in [2.45, 2.75) is 51.5 Å². The highest BCUT2D eigenvalue weighted by Gasteiger charge is 2.59. The summed E-state index contributed by atoms with van der Waals surface area (Å²) in [6.07, 6.45) is -2.10. The molecule has 0 fully saturated rings. The van der Waals surface area contributed by atoms with E-state index >= 15 is 0 Å². The molecule has 1 atom stereocenters. The molecule has 0 spiro atoms. The van der Waals surface area contributed by atoms with Crippen LogP contribution in [-0.2, 0) is 39.5 Å². The van der Waals surface area contributed by atoms with Crippen LogP contribution in [0.2, 0.25) is 0 Å². The fourth-order valence-electron chi connectivity index (χ4n) is 3.50. The molecule has 1 N–H and O–H groups in total. The van der Waals surface area contributed by atoms with Crippen LogP contribution >= 0.6 is 0 Å². The van der Waals surface area contributed by atoms with Crippen LogP contribution < -0.4 is 4.74 Å². The lowest BCUT2D eigenvalue weighted by Gasteiger charge is -2.30. The molecule has 9 nitrogen and oxygen atoms in total. The van der Waals surface area contributed by atoms with Gasteiger partial charge in [0.1, 0.15) is 11.5 Å². The van der Waals surface area contributed by atoms with Gasteiger partial charge in [-0.1, -0.05) is 30.4 Å². The maximum atomic E-state index is 12.9. The van der Waals surface area contributed by atoms with Gasteiger partial charge >= 0.3 is 24.1 Å². The molecule has 0 bridgehead atoms. The first-order valence-electron chi connectivity index (χ1n) is 12.9. The largest absolute Gasteiger partial charge is 0.464 e. The summed E-state index contributed by atoms with van der Waals surface area (Å²) in [4.78, 5) is 37.5. The molecule has 0 aromatic heterocycles. The van der Waals surface area contributed by atoms with Crippen LogP contribution in [0.1, 0.15) is 44.7 Å². The van der Waals surface area contributed by atoms with Crippen LogP contribution in [0.5, 0.6) is 11.5 Å². The average Bonchev–Trinajstić information content (AvgIpc) is 2.93. The van der Waals surface area contributed by atoms with Crippen LogP contribution in [0, 0.1) is 0 Å². The molecule has 0 radical (unpaired) electrons. The molecule has 224 valence electrons. The fourth-order valence-corrected chi connectivity index (χ4v) is 3.50. The van der Waals surface area contributed by atoms with Crippen molar-refractivity contribution in [3.63, 3.8) is 0 Å². The van der Waals surface area contributed by atoms with E-state index in [2.05, 4.69) is 0 Å². The third-order valence-corrected chi connectivity index (χ3v) is 5.44. The Labute approximate surface area is 235 Å². The third-order valence-electron chi connectivity index (χ3n) is 5.44. The minimum Gasteiger partial charge on any atom is -0.464 e. The van der Waals surface area contributed by atoms with Crippen LogP contribution in [0.25, 0.3) is 6.08 Å². The number of aliphatic hydroxyl groups is 1. The summed E-state index contributed by atoms with van der Waals surface area (Å²) in [7, 11) is 0. The number of hydrogen-bond donors (Lipinski definition) is 1. The Morgan fingerprint density at radius 1 is 0.878 bits per heavy atom. The van der Waals surface area contributed by atoms with Gasteiger partial charge < -0.3 is 28.8 Å². The van der Waals surface area contributed by atoms with E-state index in [4.69, 9.17) is 23.7 Å². The Hall–Kier alpha value is -3.90. The molecule has 2 rings (SSSR count). The number of ether oxygens (including phenoxy) is 5. The predicted molar refractivity (Wildman–Crippen MR) is 141 cm³/mol. The number of carbonyl (C=O) groups is 3. The number of allylic oxidation sites excluding steroid dienone is 1. The number of esters is 3. The predicted octanol–water partition coefficient (Wildman–Crippen LogP) is 5.10. The van der Waals surface area contributed by atoms with E-state index in [1.807, 2.05) is 0 Å². The van der Waals surface area contributed by atoms with Gasteiger partial charge in [-0.05, 0) is 69.5 Å². The Morgan fingerprint density at radius 3 is 2.05 bits per heavy atom. The molecule has 2 aromatic rings. The first kappa shape index (κ1) is 33.3. The van der Waals surface area contributed by atoms with Crippen molar-refractivity contribution < 1.29 is 56.3 Å². The number of unbranched alkanes of at least 4 members (excludes halogenated alkanes) is 1. The highest BCUT2D eigenvalue weighted by molar-refractivity contribution is 6.08. The van der Waals surface area contributed by atoms with Gasteiger partial charge in [0.15, 0.2) is 0 Å². The third kappa shape index (κ3) is 9.61. The topological polar surface area (TPSA) is 118 Å². The van der Waals surface area contributed by atoms with Gasteiger partial charge in [-0.2, -0.15) is 13.2 Å². The smallest absolute Gasteiger partial charge is 0.416 e. The summed E-state index contributed by atoms with van der Waals surface area (Å²) >= 11 is 0. The Kier molecular flexibility index (Phi) is 12.8. The van der Waals surface area contributed by atoms with Crippen LogP contribution in [0.15, 0.2) is 54.6 Å². The summed E-state index contributed by atoms with van der Waals surface area (Å²) in [5, 5.41) is 10.9. The van der Waals surface area contributed by atoms with Gasteiger partial charge in [0.25, 0.3) is 5.60 Å². The van der Waals surface area contributed by atoms with E-state index in [0.717, 1.165) is 17.7 Å². The van der Waals surface area contributed by atoms with Crippen molar-refractivity contribution in [1.82, 2.24) is 0 Å². The first-order chi connectivity index (χ1) is 19.5. The molecule has 0 heterocycles. The van der Waals surface area contributed by atoms with Crippen LogP contribution in [0.3, 0.4) is 0 Å². The van der Waals surface area contributed by atoms with Crippen LogP contribution in [0.4, 0.5) is 13.2 Å². The number of halogens is 3. The van der Waals surface area contributed by atoms with Gasteiger partial charge in [-0.3, -0.25) is 0 Å². The summed E-state index contributed by atoms with van der Waals surface area (Å²) < 4.78 is 64.1. The van der Waals surface area contributed by atoms with Crippen molar-refractivity contribution in [3.8, 4) is 11.5 Å². The quantitative estimate of drug-likeness (QED) is 0.133. The number of benzene rings is 2. The fraction of sp³-hybridized carbons (Fsp3) is 0.414. The van der Waals surface area contributed by atoms with Crippen molar-refractivity contribution in [2.75, 3.05) is 26.4 Å². The van der Waals surface area contributed by atoms with E-state index in [1.54, 1.807) is 36.4 Å². The monoisotopic (exact) mass is 582 g/mol. The van der Waals surface area contributed by atoms with E-state index in [0.29, 0.717) is 18.6 Å². The lowest BCUT2D eigenvalue weighted by atomic mass is 9.96. The van der Waals surface area contributed by atoms with E-state index in [-0.39, 0.29) is 32.2 Å². The number of alkyl halides is 3. The zero-order chi connectivity index (χ0) is 30.5. The second-order valence-electron chi connectivity index (χ2n) is 8.45. The summed E-state index contributed by atoms with van der Waals surface area (Å²) in [6.45, 7) is 3.89. The molecule has 0 aliphatic carbocycles. The first-order valence-corrected chi connectivity index (χ1v) is 12.9. The van der Waals surface area contributed by atoms with Crippen molar-refractivity contribution >= 4 is 24.0 Å². The zero-order valence-corrected chi connectivity index (χ0v) is 22.9. The van der Waals surface area contributed by atoms with Gasteiger partial charge in [-0.25, -0.2) is 14.4 Å².